The van der Waals surface area contributed by atoms with Crippen molar-refractivity contribution in [3.05, 3.63) is 64.8 Å². The summed E-state index contributed by atoms with van der Waals surface area (Å²) >= 11 is 6.00. The van der Waals surface area contributed by atoms with Gasteiger partial charge in [-0.25, -0.2) is 14.6 Å². The van der Waals surface area contributed by atoms with Crippen LogP contribution in [0.2, 0.25) is 5.15 Å². The third-order valence-corrected chi connectivity index (χ3v) is 5.55. The summed E-state index contributed by atoms with van der Waals surface area (Å²) in [5.74, 6) is 1.97. The van der Waals surface area contributed by atoms with Gasteiger partial charge >= 0.3 is 0 Å². The summed E-state index contributed by atoms with van der Waals surface area (Å²) < 4.78 is 1.77. The van der Waals surface area contributed by atoms with Gasteiger partial charge in [0, 0.05) is 26.2 Å². The quantitative estimate of drug-likeness (QED) is 0.597. The van der Waals surface area contributed by atoms with Gasteiger partial charge in [-0.15, -0.1) is 5.10 Å². The van der Waals surface area contributed by atoms with E-state index < -0.39 is 0 Å². The Labute approximate surface area is 181 Å². The average molecular weight is 425 g/mol. The van der Waals surface area contributed by atoms with Crippen LogP contribution in [0.25, 0.3) is 5.69 Å². The Morgan fingerprint density at radius 3 is 2.43 bits per heavy atom. The molecule has 0 atom stereocenters. The number of carbonyl (C=O) groups is 1. The highest BCUT2D eigenvalue weighted by molar-refractivity contribution is 6.29. The third kappa shape index (κ3) is 4.03. The van der Waals surface area contributed by atoms with E-state index in [1.165, 1.54) is 5.56 Å². The second kappa shape index (κ2) is 8.44. The number of halogens is 1. The zero-order chi connectivity index (χ0) is 21.3. The minimum Gasteiger partial charge on any atom is -0.353 e. The summed E-state index contributed by atoms with van der Waals surface area (Å²) in [5.41, 5.74) is 2.14. The van der Waals surface area contributed by atoms with Gasteiger partial charge in [-0.05, 0) is 36.6 Å². The molecule has 30 heavy (non-hydrogen) atoms. The second-order valence-corrected chi connectivity index (χ2v) is 8.09. The Morgan fingerprint density at radius 1 is 1.00 bits per heavy atom. The number of hydrogen-bond acceptors (Lipinski definition) is 5. The molecule has 0 N–H and O–H groups in total. The number of hydrogen-bond donors (Lipinski definition) is 0. The molecule has 4 rings (SSSR count). The van der Waals surface area contributed by atoms with E-state index in [1.807, 2.05) is 37.3 Å². The van der Waals surface area contributed by atoms with Crippen LogP contribution < -0.4 is 4.90 Å². The third-order valence-electron chi connectivity index (χ3n) is 5.34. The summed E-state index contributed by atoms with van der Waals surface area (Å²) in [5, 5.41) is 5.03. The summed E-state index contributed by atoms with van der Waals surface area (Å²) in [6.07, 6.45) is 0. The molecule has 1 amide bonds. The first-order valence-corrected chi connectivity index (χ1v) is 10.5. The molecule has 0 aliphatic carbocycles. The van der Waals surface area contributed by atoms with Gasteiger partial charge in [0.05, 0.1) is 5.69 Å². The Hall–Kier alpha value is -2.93. The standard InChI is InChI=1S/C22H25ClN6O/c1-15(2)17-7-4-5-8-18(17)29-16(3)24-21(26-29)22(30)28-13-11-27(12-14-28)20-10-6-9-19(23)25-20/h4-10,15H,11-14H2,1-3H3. The SMILES string of the molecule is Cc1nc(C(=O)N2CCN(c3cccc(Cl)n3)CC2)nn1-c1ccccc1C(C)C. The average Bonchev–Trinajstić information content (AvgIpc) is 3.14. The van der Waals surface area contributed by atoms with Crippen LogP contribution in [0.1, 0.15) is 41.8 Å². The maximum absolute atomic E-state index is 13.0. The molecule has 0 spiro atoms. The molecule has 0 radical (unpaired) electrons. The second-order valence-electron chi connectivity index (χ2n) is 7.71. The summed E-state index contributed by atoms with van der Waals surface area (Å²) in [6.45, 7) is 8.72. The highest BCUT2D eigenvalue weighted by atomic mass is 35.5. The minimum atomic E-state index is -0.141. The number of pyridine rings is 1. The largest absolute Gasteiger partial charge is 0.353 e. The van der Waals surface area contributed by atoms with E-state index in [0.717, 1.165) is 11.5 Å². The Kier molecular flexibility index (Phi) is 5.72. The van der Waals surface area contributed by atoms with Crippen molar-refractivity contribution >= 4 is 23.3 Å². The number of aryl methyl sites for hydroxylation is 1. The van der Waals surface area contributed by atoms with Gasteiger partial charge in [0.25, 0.3) is 5.91 Å². The summed E-state index contributed by atoms with van der Waals surface area (Å²) in [6, 6.07) is 13.7. The van der Waals surface area contributed by atoms with Crippen LogP contribution in [-0.2, 0) is 0 Å². The molecule has 156 valence electrons. The summed E-state index contributed by atoms with van der Waals surface area (Å²) in [4.78, 5) is 25.8. The lowest BCUT2D eigenvalue weighted by atomic mass is 10.0. The summed E-state index contributed by atoms with van der Waals surface area (Å²) in [7, 11) is 0. The van der Waals surface area contributed by atoms with Crippen molar-refractivity contribution < 1.29 is 4.79 Å². The lowest BCUT2D eigenvalue weighted by Crippen LogP contribution is -2.49. The molecule has 2 aromatic heterocycles. The molecular formula is C22H25ClN6O. The maximum atomic E-state index is 13.0. The van der Waals surface area contributed by atoms with E-state index in [-0.39, 0.29) is 11.7 Å². The first-order valence-electron chi connectivity index (χ1n) is 10.1. The van der Waals surface area contributed by atoms with Crippen LogP contribution in [0.4, 0.5) is 5.82 Å². The van der Waals surface area contributed by atoms with Crippen molar-refractivity contribution in [2.75, 3.05) is 31.1 Å². The van der Waals surface area contributed by atoms with E-state index in [9.17, 15) is 4.79 Å². The van der Waals surface area contributed by atoms with Crippen molar-refractivity contribution in [1.29, 1.82) is 0 Å². The Balaban J connectivity index is 1.50. The first kappa shape index (κ1) is 20.3. The highest BCUT2D eigenvalue weighted by Gasteiger charge is 2.26. The molecule has 3 aromatic rings. The Bertz CT molecular complexity index is 1060. The number of piperazine rings is 1. The first-order chi connectivity index (χ1) is 14.4. The molecule has 7 nitrogen and oxygen atoms in total. The molecule has 1 aliphatic rings. The molecule has 1 fully saturated rings. The van der Waals surface area contributed by atoms with Gasteiger partial charge in [0.1, 0.15) is 16.8 Å². The van der Waals surface area contributed by atoms with E-state index in [1.54, 1.807) is 15.6 Å². The number of benzene rings is 1. The molecule has 0 unspecified atom stereocenters. The molecule has 1 saturated heterocycles. The number of nitrogens with zero attached hydrogens (tertiary/aromatic N) is 6. The minimum absolute atomic E-state index is 0.141. The molecule has 1 aromatic carbocycles. The van der Waals surface area contributed by atoms with E-state index in [0.29, 0.717) is 43.1 Å². The normalized spacial score (nSPS) is 14.4. The highest BCUT2D eigenvalue weighted by Crippen LogP contribution is 2.23. The van der Waals surface area contributed by atoms with Crippen LogP contribution in [0.3, 0.4) is 0 Å². The van der Waals surface area contributed by atoms with Crippen LogP contribution in [0.15, 0.2) is 42.5 Å². The van der Waals surface area contributed by atoms with E-state index >= 15 is 0 Å². The number of para-hydroxylation sites is 1. The molecule has 1 aliphatic heterocycles. The number of rotatable bonds is 4. The zero-order valence-electron chi connectivity index (χ0n) is 17.4. The topological polar surface area (TPSA) is 67.2 Å². The molecule has 3 heterocycles. The monoisotopic (exact) mass is 424 g/mol. The lowest BCUT2D eigenvalue weighted by Gasteiger charge is -2.34. The fourth-order valence-electron chi connectivity index (χ4n) is 3.73. The van der Waals surface area contributed by atoms with Gasteiger partial charge in [-0.1, -0.05) is 49.7 Å². The van der Waals surface area contributed by atoms with Crippen molar-refractivity contribution in [3.8, 4) is 5.69 Å². The van der Waals surface area contributed by atoms with E-state index in [2.05, 4.69) is 39.9 Å². The van der Waals surface area contributed by atoms with Gasteiger partial charge < -0.3 is 9.80 Å². The Morgan fingerprint density at radius 2 is 1.73 bits per heavy atom. The fraction of sp³-hybridized carbons (Fsp3) is 0.364. The van der Waals surface area contributed by atoms with Gasteiger partial charge in [0.2, 0.25) is 5.82 Å². The fourth-order valence-corrected chi connectivity index (χ4v) is 3.89. The molecule has 8 heteroatoms. The number of anilines is 1. The predicted molar refractivity (Wildman–Crippen MR) is 118 cm³/mol. The van der Waals surface area contributed by atoms with Gasteiger partial charge in [0.15, 0.2) is 0 Å². The van der Waals surface area contributed by atoms with Crippen LogP contribution >= 0.6 is 11.6 Å². The van der Waals surface area contributed by atoms with Crippen molar-refractivity contribution in [2.24, 2.45) is 0 Å². The lowest BCUT2D eigenvalue weighted by molar-refractivity contribution is 0.0734. The van der Waals surface area contributed by atoms with Gasteiger partial charge in [-0.3, -0.25) is 4.79 Å². The van der Waals surface area contributed by atoms with E-state index in [4.69, 9.17) is 11.6 Å². The molecular weight excluding hydrogens is 400 g/mol. The predicted octanol–water partition coefficient (Wildman–Crippen LogP) is 3.71. The zero-order valence-corrected chi connectivity index (χ0v) is 18.2. The smallest absolute Gasteiger partial charge is 0.293 e. The number of aromatic nitrogens is 4. The molecule has 0 saturated carbocycles. The van der Waals surface area contributed by atoms with Crippen LogP contribution in [-0.4, -0.2) is 56.7 Å². The number of carbonyl (C=O) groups excluding carboxylic acids is 1. The van der Waals surface area contributed by atoms with Crippen molar-refractivity contribution in [3.63, 3.8) is 0 Å². The van der Waals surface area contributed by atoms with Gasteiger partial charge in [-0.2, -0.15) is 0 Å². The van der Waals surface area contributed by atoms with Crippen molar-refractivity contribution in [2.45, 2.75) is 26.7 Å². The number of amides is 1. The van der Waals surface area contributed by atoms with Crippen LogP contribution in [0, 0.1) is 6.92 Å². The molecule has 0 bridgehead atoms. The van der Waals surface area contributed by atoms with Crippen LogP contribution in [0.5, 0.6) is 0 Å². The maximum Gasteiger partial charge on any atom is 0.293 e. The van der Waals surface area contributed by atoms with Crippen molar-refractivity contribution in [1.82, 2.24) is 24.6 Å².